The third kappa shape index (κ3) is 2.60. The van der Waals surface area contributed by atoms with Gasteiger partial charge in [0.15, 0.2) is 0 Å². The molecule has 0 aromatic heterocycles. The first-order valence-corrected chi connectivity index (χ1v) is 6.95. The fraction of sp³-hybridized carbons (Fsp3) is 0.538. The smallest absolute Gasteiger partial charge is 0.126 e. The topological polar surface area (TPSA) is 0 Å². The molecule has 88 valence electrons. The summed E-state index contributed by atoms with van der Waals surface area (Å²) in [6, 6.07) is 4.82. The minimum atomic E-state index is -0.130. The Morgan fingerprint density at radius 3 is 2.81 bits per heavy atom. The highest BCUT2D eigenvalue weighted by atomic mass is 79.9. The first-order chi connectivity index (χ1) is 7.58. The SMILES string of the molecule is CC1C(Br)CCC1Cc1cc(Cl)ccc1F. The lowest BCUT2D eigenvalue weighted by atomic mass is 9.91. The average Bonchev–Trinajstić information content (AvgIpc) is 2.55. The monoisotopic (exact) mass is 304 g/mol. The van der Waals surface area contributed by atoms with E-state index in [0.717, 1.165) is 12.0 Å². The van der Waals surface area contributed by atoms with Crippen LogP contribution in [-0.2, 0) is 6.42 Å². The van der Waals surface area contributed by atoms with Crippen LogP contribution in [0.3, 0.4) is 0 Å². The van der Waals surface area contributed by atoms with Crippen molar-refractivity contribution in [2.75, 3.05) is 0 Å². The minimum Gasteiger partial charge on any atom is -0.207 e. The molecule has 2 rings (SSSR count). The third-order valence-corrected chi connectivity index (χ3v) is 5.14. The van der Waals surface area contributed by atoms with Crippen LogP contribution in [0.25, 0.3) is 0 Å². The van der Waals surface area contributed by atoms with Crippen LogP contribution in [0.1, 0.15) is 25.3 Å². The van der Waals surface area contributed by atoms with E-state index in [4.69, 9.17) is 11.6 Å². The molecule has 0 amide bonds. The molecule has 1 aromatic rings. The zero-order valence-electron chi connectivity index (χ0n) is 9.22. The van der Waals surface area contributed by atoms with Crippen molar-refractivity contribution in [2.24, 2.45) is 11.8 Å². The van der Waals surface area contributed by atoms with Crippen molar-refractivity contribution < 1.29 is 4.39 Å². The van der Waals surface area contributed by atoms with E-state index in [1.165, 1.54) is 18.9 Å². The lowest BCUT2D eigenvalue weighted by Crippen LogP contribution is -2.13. The molecule has 0 radical (unpaired) electrons. The minimum absolute atomic E-state index is 0.130. The third-order valence-electron chi connectivity index (χ3n) is 3.62. The van der Waals surface area contributed by atoms with Gasteiger partial charge in [0.05, 0.1) is 0 Å². The van der Waals surface area contributed by atoms with Gasteiger partial charge in [0.2, 0.25) is 0 Å². The lowest BCUT2D eigenvalue weighted by Gasteiger charge is -2.17. The molecule has 0 N–H and O–H groups in total. The van der Waals surface area contributed by atoms with Gasteiger partial charge in [0.25, 0.3) is 0 Å². The highest BCUT2D eigenvalue weighted by molar-refractivity contribution is 9.09. The van der Waals surface area contributed by atoms with Crippen LogP contribution in [-0.4, -0.2) is 4.83 Å². The molecule has 0 aliphatic heterocycles. The van der Waals surface area contributed by atoms with Gasteiger partial charge < -0.3 is 0 Å². The molecular formula is C13H15BrClF. The Morgan fingerprint density at radius 2 is 2.19 bits per heavy atom. The Bertz CT molecular complexity index is 380. The maximum atomic E-state index is 13.6. The van der Waals surface area contributed by atoms with Gasteiger partial charge >= 0.3 is 0 Å². The van der Waals surface area contributed by atoms with Gasteiger partial charge in [-0.25, -0.2) is 4.39 Å². The molecule has 0 spiro atoms. The number of hydrogen-bond donors (Lipinski definition) is 0. The van der Waals surface area contributed by atoms with Crippen LogP contribution >= 0.6 is 27.5 Å². The Balaban J connectivity index is 2.12. The molecule has 0 heterocycles. The zero-order valence-corrected chi connectivity index (χ0v) is 11.6. The van der Waals surface area contributed by atoms with Gasteiger partial charge in [-0.1, -0.05) is 34.5 Å². The normalized spacial score (nSPS) is 29.6. The Morgan fingerprint density at radius 1 is 1.44 bits per heavy atom. The highest BCUT2D eigenvalue weighted by Gasteiger charge is 2.31. The van der Waals surface area contributed by atoms with Crippen molar-refractivity contribution in [2.45, 2.75) is 31.0 Å². The van der Waals surface area contributed by atoms with Crippen LogP contribution in [0.5, 0.6) is 0 Å². The molecular weight excluding hydrogens is 290 g/mol. The van der Waals surface area contributed by atoms with Crippen molar-refractivity contribution in [3.63, 3.8) is 0 Å². The number of alkyl halides is 1. The molecule has 0 nitrogen and oxygen atoms in total. The zero-order chi connectivity index (χ0) is 11.7. The summed E-state index contributed by atoms with van der Waals surface area (Å²) >= 11 is 9.56. The Labute approximate surface area is 109 Å². The van der Waals surface area contributed by atoms with E-state index in [1.54, 1.807) is 12.1 Å². The van der Waals surface area contributed by atoms with E-state index >= 15 is 0 Å². The van der Waals surface area contributed by atoms with Gasteiger partial charge in [-0.15, -0.1) is 0 Å². The van der Waals surface area contributed by atoms with Gasteiger partial charge in [-0.2, -0.15) is 0 Å². The largest absolute Gasteiger partial charge is 0.207 e. The van der Waals surface area contributed by atoms with Crippen LogP contribution in [0.2, 0.25) is 5.02 Å². The maximum absolute atomic E-state index is 13.6. The molecule has 1 saturated carbocycles. The van der Waals surface area contributed by atoms with Gasteiger partial charge in [-0.3, -0.25) is 0 Å². The summed E-state index contributed by atoms with van der Waals surface area (Å²) in [5, 5.41) is 0.623. The highest BCUT2D eigenvalue weighted by Crippen LogP contribution is 2.38. The molecule has 0 saturated heterocycles. The number of hydrogen-bond acceptors (Lipinski definition) is 0. The quantitative estimate of drug-likeness (QED) is 0.686. The van der Waals surface area contributed by atoms with Crippen LogP contribution in [0, 0.1) is 17.7 Å². The summed E-state index contributed by atoms with van der Waals surface area (Å²) in [5.74, 6) is 1.05. The number of benzene rings is 1. The molecule has 3 unspecified atom stereocenters. The number of rotatable bonds is 2. The molecule has 1 aromatic carbocycles. The van der Waals surface area contributed by atoms with E-state index < -0.39 is 0 Å². The van der Waals surface area contributed by atoms with Crippen molar-refractivity contribution in [1.29, 1.82) is 0 Å². The second-order valence-corrected chi connectivity index (χ2v) is 6.26. The molecule has 3 heteroatoms. The predicted octanol–water partition coefficient (Wildman–Crippen LogP) is 4.83. The summed E-state index contributed by atoms with van der Waals surface area (Å²) in [5.41, 5.74) is 0.756. The Kier molecular flexibility index (Phi) is 3.91. The molecule has 1 aliphatic rings. The maximum Gasteiger partial charge on any atom is 0.126 e. The van der Waals surface area contributed by atoms with E-state index in [2.05, 4.69) is 22.9 Å². The average molecular weight is 306 g/mol. The second-order valence-electron chi connectivity index (χ2n) is 4.65. The summed E-state index contributed by atoms with van der Waals surface area (Å²) in [7, 11) is 0. The van der Waals surface area contributed by atoms with E-state index in [-0.39, 0.29) is 5.82 Å². The van der Waals surface area contributed by atoms with Crippen LogP contribution in [0.4, 0.5) is 4.39 Å². The summed E-state index contributed by atoms with van der Waals surface area (Å²) < 4.78 is 13.6. The second kappa shape index (κ2) is 5.05. The number of halogens is 3. The lowest BCUT2D eigenvalue weighted by molar-refractivity contribution is 0.416. The first-order valence-electron chi connectivity index (χ1n) is 5.66. The molecule has 1 fully saturated rings. The fourth-order valence-electron chi connectivity index (χ4n) is 2.46. The standard InChI is InChI=1S/C13H15BrClF/c1-8-9(2-4-12(8)14)6-10-7-11(15)3-5-13(10)16/h3,5,7-9,12H,2,4,6H2,1H3. The van der Waals surface area contributed by atoms with Gasteiger partial charge in [-0.05, 0) is 54.9 Å². The van der Waals surface area contributed by atoms with Crippen molar-refractivity contribution in [1.82, 2.24) is 0 Å². The summed E-state index contributed by atoms with van der Waals surface area (Å²) in [6.45, 7) is 2.24. The van der Waals surface area contributed by atoms with Crippen LogP contribution in [0.15, 0.2) is 18.2 Å². The van der Waals surface area contributed by atoms with Crippen molar-refractivity contribution in [3.8, 4) is 0 Å². The summed E-state index contributed by atoms with van der Waals surface area (Å²) in [4.78, 5) is 0.583. The van der Waals surface area contributed by atoms with E-state index in [1.807, 2.05) is 0 Å². The molecule has 16 heavy (non-hydrogen) atoms. The molecule has 3 atom stereocenters. The Hall–Kier alpha value is -0.0800. The fourth-order valence-corrected chi connectivity index (χ4v) is 3.36. The predicted molar refractivity (Wildman–Crippen MR) is 69.7 cm³/mol. The molecule has 0 bridgehead atoms. The summed E-state index contributed by atoms with van der Waals surface area (Å²) in [6.07, 6.45) is 3.16. The molecule has 1 aliphatic carbocycles. The van der Waals surface area contributed by atoms with Crippen LogP contribution < -0.4 is 0 Å². The van der Waals surface area contributed by atoms with E-state index in [9.17, 15) is 4.39 Å². The van der Waals surface area contributed by atoms with Crippen molar-refractivity contribution >= 4 is 27.5 Å². The van der Waals surface area contributed by atoms with E-state index in [0.29, 0.717) is 21.7 Å². The van der Waals surface area contributed by atoms with Crippen molar-refractivity contribution in [3.05, 3.63) is 34.6 Å². The van der Waals surface area contributed by atoms with Gasteiger partial charge in [0, 0.05) is 9.85 Å². The first kappa shape index (κ1) is 12.4. The van der Waals surface area contributed by atoms with Gasteiger partial charge in [0.1, 0.15) is 5.82 Å².